The van der Waals surface area contributed by atoms with Crippen LogP contribution in [0.4, 0.5) is 4.79 Å². The van der Waals surface area contributed by atoms with E-state index in [1.807, 2.05) is 62.4 Å². The normalized spacial score (nSPS) is 21.6. The highest BCUT2D eigenvalue weighted by atomic mass is 16.2. The Bertz CT molecular complexity index is 971. The Hall–Kier alpha value is -3.15. The van der Waals surface area contributed by atoms with E-state index in [-0.39, 0.29) is 24.4 Å². The first kappa shape index (κ1) is 18.2. The average molecular weight is 377 g/mol. The van der Waals surface area contributed by atoms with E-state index in [1.54, 1.807) is 0 Å². The maximum atomic E-state index is 13.1. The summed E-state index contributed by atoms with van der Waals surface area (Å²) in [5.41, 5.74) is 2.96. The van der Waals surface area contributed by atoms with Crippen LogP contribution in [-0.4, -0.2) is 29.3 Å². The Morgan fingerprint density at radius 2 is 1.89 bits per heavy atom. The molecule has 0 bridgehead atoms. The summed E-state index contributed by atoms with van der Waals surface area (Å²) in [6, 6.07) is 14.7. The lowest BCUT2D eigenvalue weighted by atomic mass is 9.92. The molecule has 2 aliphatic rings. The van der Waals surface area contributed by atoms with Gasteiger partial charge in [-0.2, -0.15) is 0 Å². The maximum Gasteiger partial charge on any atom is 0.325 e. The third-order valence-corrected chi connectivity index (χ3v) is 5.76. The average Bonchev–Trinajstić information content (AvgIpc) is 3.16. The third-order valence-electron chi connectivity index (χ3n) is 5.76. The number of benzene rings is 2. The number of imide groups is 1. The minimum atomic E-state index is -1.03. The number of aryl methyl sites for hydroxylation is 2. The molecule has 1 aliphatic carbocycles. The molecule has 0 aromatic heterocycles. The van der Waals surface area contributed by atoms with Gasteiger partial charge in [-0.3, -0.25) is 14.5 Å². The largest absolute Gasteiger partial charge is 0.348 e. The summed E-state index contributed by atoms with van der Waals surface area (Å²) in [7, 11) is 0. The molecule has 2 aromatic carbocycles. The number of nitrogens with one attached hydrogen (secondary N) is 2. The van der Waals surface area contributed by atoms with Crippen LogP contribution in [0.5, 0.6) is 0 Å². The monoisotopic (exact) mass is 377 g/mol. The quantitative estimate of drug-likeness (QED) is 0.804. The van der Waals surface area contributed by atoms with Gasteiger partial charge in [0.25, 0.3) is 5.91 Å². The zero-order valence-corrected chi connectivity index (χ0v) is 16.0. The van der Waals surface area contributed by atoms with Crippen LogP contribution in [0.25, 0.3) is 0 Å². The summed E-state index contributed by atoms with van der Waals surface area (Å²) < 4.78 is 0. The van der Waals surface area contributed by atoms with Crippen LogP contribution in [0.1, 0.15) is 41.6 Å². The first-order valence-electron chi connectivity index (χ1n) is 9.50. The zero-order chi connectivity index (χ0) is 19.9. The van der Waals surface area contributed by atoms with Gasteiger partial charge in [0.05, 0.1) is 6.04 Å². The van der Waals surface area contributed by atoms with Gasteiger partial charge in [-0.15, -0.1) is 0 Å². The van der Waals surface area contributed by atoms with E-state index in [4.69, 9.17) is 0 Å². The van der Waals surface area contributed by atoms with Crippen LogP contribution in [0.2, 0.25) is 0 Å². The molecule has 0 radical (unpaired) electrons. The van der Waals surface area contributed by atoms with E-state index in [1.165, 1.54) is 0 Å². The number of amides is 4. The molecule has 28 heavy (non-hydrogen) atoms. The summed E-state index contributed by atoms with van der Waals surface area (Å²) in [6.07, 6.45) is 1.25. The molecule has 1 saturated heterocycles. The number of hydrogen-bond acceptors (Lipinski definition) is 3. The van der Waals surface area contributed by atoms with E-state index < -0.39 is 11.6 Å². The standard InChI is InChI=1S/C22H23N3O3/c1-14-7-3-5-9-17(14)15(2)23-19(26)13-25-20(27)22(24-21(25)28)12-11-16-8-4-6-10-18(16)22/h3-10,15H,11-13H2,1-2H3,(H,23,26)(H,24,28). The number of urea groups is 1. The van der Waals surface area contributed by atoms with Gasteiger partial charge in [-0.25, -0.2) is 4.79 Å². The minimum Gasteiger partial charge on any atom is -0.348 e. The Morgan fingerprint density at radius 3 is 2.68 bits per heavy atom. The van der Waals surface area contributed by atoms with Gasteiger partial charge >= 0.3 is 6.03 Å². The SMILES string of the molecule is Cc1ccccc1C(C)NC(=O)CN1C(=O)NC2(CCc3ccccc32)C1=O. The van der Waals surface area contributed by atoms with E-state index in [9.17, 15) is 14.4 Å². The molecule has 0 saturated carbocycles. The molecule has 4 rings (SSSR count). The van der Waals surface area contributed by atoms with Crippen molar-refractivity contribution in [3.05, 3.63) is 70.8 Å². The number of carbonyl (C=O) groups excluding carboxylic acids is 3. The second kappa shape index (κ2) is 6.78. The zero-order valence-electron chi connectivity index (χ0n) is 16.0. The van der Waals surface area contributed by atoms with Gasteiger partial charge in [-0.05, 0) is 48.9 Å². The molecule has 1 spiro atoms. The molecule has 2 unspecified atom stereocenters. The predicted molar refractivity (Wildman–Crippen MR) is 104 cm³/mol. The van der Waals surface area contributed by atoms with E-state index in [2.05, 4.69) is 10.6 Å². The van der Waals surface area contributed by atoms with Crippen molar-refractivity contribution in [3.8, 4) is 0 Å². The molecular formula is C22H23N3O3. The van der Waals surface area contributed by atoms with Gasteiger partial charge in [0.2, 0.25) is 5.91 Å². The molecule has 6 nitrogen and oxygen atoms in total. The number of nitrogens with zero attached hydrogens (tertiary/aromatic N) is 1. The number of fused-ring (bicyclic) bond motifs is 2. The van der Waals surface area contributed by atoms with Crippen molar-refractivity contribution in [2.24, 2.45) is 0 Å². The van der Waals surface area contributed by atoms with Crippen molar-refractivity contribution < 1.29 is 14.4 Å². The van der Waals surface area contributed by atoms with E-state index >= 15 is 0 Å². The van der Waals surface area contributed by atoms with Crippen LogP contribution in [0.15, 0.2) is 48.5 Å². The van der Waals surface area contributed by atoms with Crippen LogP contribution in [0.3, 0.4) is 0 Å². The fraction of sp³-hybridized carbons (Fsp3) is 0.318. The highest BCUT2D eigenvalue weighted by molar-refractivity contribution is 6.09. The smallest absolute Gasteiger partial charge is 0.325 e. The Balaban J connectivity index is 1.49. The van der Waals surface area contributed by atoms with E-state index in [0.29, 0.717) is 6.42 Å². The lowest BCUT2D eigenvalue weighted by Gasteiger charge is -2.22. The van der Waals surface area contributed by atoms with Crippen LogP contribution >= 0.6 is 0 Å². The lowest BCUT2D eigenvalue weighted by Crippen LogP contribution is -2.44. The second-order valence-electron chi connectivity index (χ2n) is 7.53. The number of carbonyl (C=O) groups is 3. The summed E-state index contributed by atoms with van der Waals surface area (Å²) in [6.45, 7) is 3.59. The molecule has 1 fully saturated rings. The Kier molecular flexibility index (Phi) is 4.41. The molecule has 6 heteroatoms. The van der Waals surface area contributed by atoms with Crippen molar-refractivity contribution in [2.45, 2.75) is 38.3 Å². The summed E-state index contributed by atoms with van der Waals surface area (Å²) in [4.78, 5) is 39.2. The van der Waals surface area contributed by atoms with Gasteiger partial charge in [0.1, 0.15) is 12.1 Å². The fourth-order valence-electron chi connectivity index (χ4n) is 4.31. The molecule has 4 amide bonds. The molecule has 144 valence electrons. The maximum absolute atomic E-state index is 13.1. The molecule has 2 atom stereocenters. The van der Waals surface area contributed by atoms with Crippen molar-refractivity contribution in [2.75, 3.05) is 6.54 Å². The second-order valence-corrected chi connectivity index (χ2v) is 7.53. The fourth-order valence-corrected chi connectivity index (χ4v) is 4.31. The molecule has 1 aliphatic heterocycles. The van der Waals surface area contributed by atoms with Crippen LogP contribution in [-0.2, 0) is 21.5 Å². The molecule has 2 aromatic rings. The highest BCUT2D eigenvalue weighted by Gasteiger charge is 2.55. The lowest BCUT2D eigenvalue weighted by molar-refractivity contribution is -0.135. The minimum absolute atomic E-state index is 0.212. The van der Waals surface area contributed by atoms with Crippen molar-refractivity contribution in [1.82, 2.24) is 15.5 Å². The highest BCUT2D eigenvalue weighted by Crippen LogP contribution is 2.41. The van der Waals surface area contributed by atoms with Crippen molar-refractivity contribution in [1.29, 1.82) is 0 Å². The summed E-state index contributed by atoms with van der Waals surface area (Å²) in [5.74, 6) is -0.705. The predicted octanol–water partition coefficient (Wildman–Crippen LogP) is 2.57. The first-order chi connectivity index (χ1) is 13.4. The molecule has 2 N–H and O–H groups in total. The van der Waals surface area contributed by atoms with Gasteiger partial charge in [-0.1, -0.05) is 48.5 Å². The molecular weight excluding hydrogens is 354 g/mol. The molecule has 1 heterocycles. The van der Waals surface area contributed by atoms with Gasteiger partial charge in [0.15, 0.2) is 0 Å². The third kappa shape index (κ3) is 2.85. The Labute approximate surface area is 163 Å². The number of rotatable bonds is 4. The van der Waals surface area contributed by atoms with Crippen molar-refractivity contribution in [3.63, 3.8) is 0 Å². The van der Waals surface area contributed by atoms with Gasteiger partial charge in [0, 0.05) is 0 Å². The van der Waals surface area contributed by atoms with E-state index in [0.717, 1.165) is 33.6 Å². The summed E-state index contributed by atoms with van der Waals surface area (Å²) >= 11 is 0. The first-order valence-corrected chi connectivity index (χ1v) is 9.50. The van der Waals surface area contributed by atoms with Crippen LogP contribution < -0.4 is 10.6 Å². The topological polar surface area (TPSA) is 78.5 Å². The number of hydrogen-bond donors (Lipinski definition) is 2. The van der Waals surface area contributed by atoms with Crippen molar-refractivity contribution >= 4 is 17.8 Å². The van der Waals surface area contributed by atoms with Crippen LogP contribution in [0, 0.1) is 6.92 Å². The Morgan fingerprint density at radius 1 is 1.18 bits per heavy atom. The van der Waals surface area contributed by atoms with Gasteiger partial charge < -0.3 is 10.6 Å². The summed E-state index contributed by atoms with van der Waals surface area (Å²) in [5, 5.41) is 5.73.